The molecule has 2 aliphatic heterocycles. The van der Waals surface area contributed by atoms with E-state index in [1.807, 2.05) is 18.7 Å². The molecule has 25 heavy (non-hydrogen) atoms. The number of nitrogens with one attached hydrogen (secondary N) is 2. The summed E-state index contributed by atoms with van der Waals surface area (Å²) < 4.78 is 28.1. The van der Waals surface area contributed by atoms with Gasteiger partial charge in [0.2, 0.25) is 0 Å². The van der Waals surface area contributed by atoms with Crippen molar-refractivity contribution >= 4 is 27.6 Å². The van der Waals surface area contributed by atoms with E-state index < -0.39 is 9.84 Å². The molecular weight excluding hydrogens is 360 g/mol. The molecule has 0 amide bonds. The van der Waals surface area contributed by atoms with Crippen LogP contribution in [0.15, 0.2) is 4.99 Å². The van der Waals surface area contributed by atoms with Crippen LogP contribution in [0.25, 0.3) is 0 Å². The highest BCUT2D eigenvalue weighted by molar-refractivity contribution is 7.99. The molecule has 9 heteroatoms. The van der Waals surface area contributed by atoms with Gasteiger partial charge in [-0.25, -0.2) is 8.42 Å². The molecule has 2 heterocycles. The molecule has 0 radical (unpaired) electrons. The van der Waals surface area contributed by atoms with E-state index in [0.717, 1.165) is 44.6 Å². The van der Waals surface area contributed by atoms with Gasteiger partial charge in [-0.2, -0.15) is 11.8 Å². The predicted molar refractivity (Wildman–Crippen MR) is 105 cm³/mol. The van der Waals surface area contributed by atoms with Crippen LogP contribution in [0.5, 0.6) is 0 Å². The van der Waals surface area contributed by atoms with Gasteiger partial charge >= 0.3 is 0 Å². The van der Waals surface area contributed by atoms with Gasteiger partial charge < -0.3 is 15.4 Å². The average molecular weight is 393 g/mol. The lowest BCUT2D eigenvalue weighted by molar-refractivity contribution is -0.0120. The Balaban J connectivity index is 1.87. The Morgan fingerprint density at radius 3 is 2.68 bits per heavy atom. The summed E-state index contributed by atoms with van der Waals surface area (Å²) in [6, 6.07) is 0.0539. The fourth-order valence-corrected chi connectivity index (χ4v) is 5.53. The first-order chi connectivity index (χ1) is 11.8. The van der Waals surface area contributed by atoms with Gasteiger partial charge in [0.1, 0.15) is 9.84 Å². The van der Waals surface area contributed by atoms with Crippen LogP contribution in [-0.2, 0) is 14.6 Å². The van der Waals surface area contributed by atoms with Gasteiger partial charge in [-0.1, -0.05) is 0 Å². The van der Waals surface area contributed by atoms with Crippen molar-refractivity contribution in [1.82, 2.24) is 15.5 Å². The van der Waals surface area contributed by atoms with Gasteiger partial charge in [0.15, 0.2) is 5.96 Å². The highest BCUT2D eigenvalue weighted by Gasteiger charge is 2.40. The molecule has 2 fully saturated rings. The molecule has 0 bridgehead atoms. The third kappa shape index (κ3) is 6.62. The first kappa shape index (κ1) is 20.8. The van der Waals surface area contributed by atoms with Crippen LogP contribution in [0.3, 0.4) is 0 Å². The minimum absolute atomic E-state index is 0.0539. The second kappa shape index (κ2) is 9.43. The molecule has 2 saturated heterocycles. The Bertz CT molecular complexity index is 542. The zero-order chi connectivity index (χ0) is 18.3. The molecule has 2 unspecified atom stereocenters. The highest BCUT2D eigenvalue weighted by Crippen LogP contribution is 2.33. The smallest absolute Gasteiger partial charge is 0.191 e. The van der Waals surface area contributed by atoms with Gasteiger partial charge in [-0.3, -0.25) is 9.89 Å². The summed E-state index contributed by atoms with van der Waals surface area (Å²) >= 11 is 2.01. The molecule has 0 aromatic rings. The first-order valence-electron chi connectivity index (χ1n) is 8.90. The Morgan fingerprint density at radius 2 is 2.12 bits per heavy atom. The predicted octanol–water partition coefficient (Wildman–Crippen LogP) is 0.183. The van der Waals surface area contributed by atoms with Crippen molar-refractivity contribution in [1.29, 1.82) is 0 Å². The topological polar surface area (TPSA) is 83.0 Å². The number of aliphatic imine (C=N–C) groups is 1. The minimum Gasteiger partial charge on any atom is -0.379 e. The Kier molecular flexibility index (Phi) is 7.85. The van der Waals surface area contributed by atoms with Crippen LogP contribution in [0.4, 0.5) is 0 Å². The van der Waals surface area contributed by atoms with E-state index in [0.29, 0.717) is 6.42 Å². The van der Waals surface area contributed by atoms with Crippen LogP contribution in [0.1, 0.15) is 19.8 Å². The number of morpholine rings is 1. The van der Waals surface area contributed by atoms with Gasteiger partial charge in [0, 0.05) is 50.3 Å². The Labute approximate surface area is 156 Å². The second-order valence-electron chi connectivity index (χ2n) is 7.02. The highest BCUT2D eigenvalue weighted by atomic mass is 32.2. The molecule has 0 spiro atoms. The lowest BCUT2D eigenvalue weighted by Gasteiger charge is -2.43. The van der Waals surface area contributed by atoms with Gasteiger partial charge in [0.25, 0.3) is 0 Å². The van der Waals surface area contributed by atoms with Crippen LogP contribution >= 0.6 is 11.8 Å². The second-order valence-corrected chi connectivity index (χ2v) is 10.4. The number of guanidine groups is 1. The third-order valence-electron chi connectivity index (χ3n) is 4.88. The van der Waals surface area contributed by atoms with Gasteiger partial charge in [-0.05, 0) is 25.5 Å². The zero-order valence-electron chi connectivity index (χ0n) is 15.6. The summed E-state index contributed by atoms with van der Waals surface area (Å²) in [5, 5.41) is 6.78. The maximum absolute atomic E-state index is 11.3. The fraction of sp³-hybridized carbons (Fsp3) is 0.938. The number of hydrogen-bond acceptors (Lipinski definition) is 6. The number of thioether (sulfide) groups is 1. The largest absolute Gasteiger partial charge is 0.379 e. The summed E-state index contributed by atoms with van der Waals surface area (Å²) in [7, 11) is -1.18. The molecule has 0 aromatic carbocycles. The SMILES string of the molecule is CN=C(NCC1(N2CCOCC2)CCSC1)NC(C)CCS(C)(=O)=O. The first-order valence-corrected chi connectivity index (χ1v) is 12.1. The van der Waals surface area contributed by atoms with Crippen molar-refractivity contribution in [2.75, 3.05) is 63.4 Å². The van der Waals surface area contributed by atoms with Gasteiger partial charge in [-0.15, -0.1) is 0 Å². The number of rotatable bonds is 7. The minimum atomic E-state index is -2.93. The van der Waals surface area contributed by atoms with Crippen molar-refractivity contribution in [2.24, 2.45) is 4.99 Å². The number of ether oxygens (including phenoxy) is 1. The monoisotopic (exact) mass is 392 g/mol. The van der Waals surface area contributed by atoms with E-state index in [-0.39, 0.29) is 17.3 Å². The number of sulfone groups is 1. The molecule has 2 atom stereocenters. The van der Waals surface area contributed by atoms with Crippen LogP contribution in [0, 0.1) is 0 Å². The van der Waals surface area contributed by atoms with Crippen molar-refractivity contribution in [3.63, 3.8) is 0 Å². The summed E-state index contributed by atoms with van der Waals surface area (Å²) in [6.45, 7) is 6.42. The van der Waals surface area contributed by atoms with E-state index in [2.05, 4.69) is 20.5 Å². The van der Waals surface area contributed by atoms with Crippen molar-refractivity contribution < 1.29 is 13.2 Å². The maximum Gasteiger partial charge on any atom is 0.191 e. The summed E-state index contributed by atoms with van der Waals surface area (Å²) in [5.41, 5.74) is 0.155. The summed E-state index contributed by atoms with van der Waals surface area (Å²) in [5.74, 6) is 3.24. The van der Waals surface area contributed by atoms with E-state index >= 15 is 0 Å². The van der Waals surface area contributed by atoms with Crippen molar-refractivity contribution in [2.45, 2.75) is 31.3 Å². The average Bonchev–Trinajstić information content (AvgIpc) is 3.07. The fourth-order valence-electron chi connectivity index (χ4n) is 3.27. The maximum atomic E-state index is 11.3. The Morgan fingerprint density at radius 1 is 1.40 bits per heavy atom. The lowest BCUT2D eigenvalue weighted by atomic mass is 9.95. The van der Waals surface area contributed by atoms with E-state index in [4.69, 9.17) is 4.74 Å². The molecule has 0 aliphatic carbocycles. The third-order valence-corrected chi connectivity index (χ3v) is 7.09. The number of nitrogens with zero attached hydrogens (tertiary/aromatic N) is 2. The van der Waals surface area contributed by atoms with Crippen LogP contribution in [0.2, 0.25) is 0 Å². The zero-order valence-corrected chi connectivity index (χ0v) is 17.2. The van der Waals surface area contributed by atoms with Crippen LogP contribution in [-0.4, -0.2) is 94.3 Å². The Hall–Kier alpha value is -0.510. The molecule has 2 aliphatic rings. The standard InChI is InChI=1S/C16H32N4O3S2/c1-14(4-11-25(3,21)22)19-15(17-2)18-12-16(5-10-24-13-16)20-6-8-23-9-7-20/h14H,4-13H2,1-3H3,(H2,17,18,19). The van der Waals surface area contributed by atoms with E-state index in [1.165, 1.54) is 18.4 Å². The molecule has 2 rings (SSSR count). The molecular formula is C16H32N4O3S2. The molecule has 0 aromatic heterocycles. The van der Waals surface area contributed by atoms with Crippen molar-refractivity contribution in [3.05, 3.63) is 0 Å². The molecule has 2 N–H and O–H groups in total. The van der Waals surface area contributed by atoms with E-state index in [9.17, 15) is 8.42 Å². The number of hydrogen-bond donors (Lipinski definition) is 2. The van der Waals surface area contributed by atoms with Crippen molar-refractivity contribution in [3.8, 4) is 0 Å². The van der Waals surface area contributed by atoms with E-state index in [1.54, 1.807) is 7.05 Å². The van der Waals surface area contributed by atoms with Gasteiger partial charge in [0.05, 0.1) is 19.0 Å². The molecule has 0 saturated carbocycles. The van der Waals surface area contributed by atoms with Crippen LogP contribution < -0.4 is 10.6 Å². The summed E-state index contributed by atoms with van der Waals surface area (Å²) in [6.07, 6.45) is 3.02. The lowest BCUT2D eigenvalue weighted by Crippen LogP contribution is -2.60. The normalized spacial score (nSPS) is 27.2. The molecule has 7 nitrogen and oxygen atoms in total. The summed E-state index contributed by atoms with van der Waals surface area (Å²) in [4.78, 5) is 6.86. The molecule has 146 valence electrons. The quantitative estimate of drug-likeness (QED) is 0.472.